The Morgan fingerprint density at radius 1 is 0.909 bits per heavy atom. The van der Waals surface area contributed by atoms with Crippen molar-refractivity contribution in [1.29, 1.82) is 0 Å². The summed E-state index contributed by atoms with van der Waals surface area (Å²) >= 11 is 0. The number of likely N-dealkylation sites (tertiary alicyclic amines) is 1. The van der Waals surface area contributed by atoms with Crippen LogP contribution in [0.4, 0.5) is 0 Å². The lowest BCUT2D eigenvalue weighted by Gasteiger charge is -2.38. The van der Waals surface area contributed by atoms with E-state index in [4.69, 9.17) is 0 Å². The molecule has 2 atom stereocenters. The SMILES string of the molecule is c1ccc(CNC2CC(CC3CC3)CN(CC3CC3)C2)cc1. The molecule has 1 N–H and O–H groups in total. The Labute approximate surface area is 135 Å². The highest BCUT2D eigenvalue weighted by molar-refractivity contribution is 5.14. The van der Waals surface area contributed by atoms with E-state index in [0.29, 0.717) is 6.04 Å². The van der Waals surface area contributed by atoms with Crippen LogP contribution in [0.15, 0.2) is 30.3 Å². The van der Waals surface area contributed by atoms with Gasteiger partial charge in [0.2, 0.25) is 0 Å². The summed E-state index contributed by atoms with van der Waals surface area (Å²) < 4.78 is 0. The molecular formula is C20H30N2. The van der Waals surface area contributed by atoms with Crippen molar-refractivity contribution in [1.82, 2.24) is 10.2 Å². The third kappa shape index (κ3) is 4.33. The van der Waals surface area contributed by atoms with E-state index < -0.39 is 0 Å². The molecule has 1 aromatic carbocycles. The molecule has 2 heteroatoms. The number of hydrogen-bond acceptors (Lipinski definition) is 2. The highest BCUT2D eigenvalue weighted by atomic mass is 15.2. The minimum absolute atomic E-state index is 0.691. The molecule has 1 aromatic rings. The van der Waals surface area contributed by atoms with Gasteiger partial charge < -0.3 is 10.2 Å². The zero-order valence-electron chi connectivity index (χ0n) is 13.7. The van der Waals surface area contributed by atoms with Gasteiger partial charge in [-0.3, -0.25) is 0 Å². The first-order valence-corrected chi connectivity index (χ1v) is 9.35. The first-order valence-electron chi connectivity index (χ1n) is 9.35. The zero-order chi connectivity index (χ0) is 14.8. The second-order valence-corrected chi connectivity index (χ2v) is 8.01. The van der Waals surface area contributed by atoms with E-state index in [1.165, 1.54) is 63.7 Å². The predicted molar refractivity (Wildman–Crippen MR) is 91.7 cm³/mol. The number of rotatable bonds is 7. The highest BCUT2D eigenvalue weighted by Crippen LogP contribution is 2.38. The Balaban J connectivity index is 1.32. The molecule has 0 spiro atoms. The maximum Gasteiger partial charge on any atom is 0.0208 e. The Hall–Kier alpha value is -0.860. The number of benzene rings is 1. The fraction of sp³-hybridized carbons (Fsp3) is 0.700. The molecule has 2 saturated carbocycles. The average Bonchev–Trinajstić information content (AvgIpc) is 3.43. The summed E-state index contributed by atoms with van der Waals surface area (Å²) in [6.07, 6.45) is 8.84. The third-order valence-corrected chi connectivity index (χ3v) is 5.63. The number of piperidine rings is 1. The summed E-state index contributed by atoms with van der Waals surface area (Å²) in [4.78, 5) is 2.77. The van der Waals surface area contributed by atoms with Gasteiger partial charge in [0.25, 0.3) is 0 Å². The lowest BCUT2D eigenvalue weighted by Crippen LogP contribution is -2.49. The van der Waals surface area contributed by atoms with Crippen LogP contribution in [0.2, 0.25) is 0 Å². The molecule has 3 aliphatic rings. The molecule has 0 bridgehead atoms. The van der Waals surface area contributed by atoms with Crippen LogP contribution in [-0.4, -0.2) is 30.6 Å². The van der Waals surface area contributed by atoms with Gasteiger partial charge in [-0.15, -0.1) is 0 Å². The summed E-state index contributed by atoms with van der Waals surface area (Å²) in [5.41, 5.74) is 1.42. The molecule has 3 fully saturated rings. The zero-order valence-corrected chi connectivity index (χ0v) is 13.7. The summed E-state index contributed by atoms with van der Waals surface area (Å²) in [5, 5.41) is 3.84. The second-order valence-electron chi connectivity index (χ2n) is 8.01. The van der Waals surface area contributed by atoms with E-state index in [0.717, 1.165) is 24.3 Å². The van der Waals surface area contributed by atoms with Crippen LogP contribution in [0.25, 0.3) is 0 Å². The third-order valence-electron chi connectivity index (χ3n) is 5.63. The number of hydrogen-bond donors (Lipinski definition) is 1. The molecule has 0 amide bonds. The molecule has 1 heterocycles. The van der Waals surface area contributed by atoms with Crippen molar-refractivity contribution in [3.63, 3.8) is 0 Å². The van der Waals surface area contributed by atoms with Gasteiger partial charge in [-0.2, -0.15) is 0 Å². The van der Waals surface area contributed by atoms with Crippen molar-refractivity contribution < 1.29 is 0 Å². The lowest BCUT2D eigenvalue weighted by atomic mass is 9.89. The Morgan fingerprint density at radius 3 is 2.41 bits per heavy atom. The second kappa shape index (κ2) is 6.72. The fourth-order valence-electron chi connectivity index (χ4n) is 4.12. The molecular weight excluding hydrogens is 268 g/mol. The van der Waals surface area contributed by atoms with E-state index in [-0.39, 0.29) is 0 Å². The van der Waals surface area contributed by atoms with Crippen LogP contribution in [0, 0.1) is 17.8 Å². The molecule has 1 aliphatic heterocycles. The van der Waals surface area contributed by atoms with Crippen molar-refractivity contribution >= 4 is 0 Å². The summed E-state index contributed by atoms with van der Waals surface area (Å²) in [6.45, 7) is 5.03. The van der Waals surface area contributed by atoms with Gasteiger partial charge >= 0.3 is 0 Å². The number of nitrogens with zero attached hydrogens (tertiary/aromatic N) is 1. The number of nitrogens with one attached hydrogen (secondary N) is 1. The minimum Gasteiger partial charge on any atom is -0.309 e. The van der Waals surface area contributed by atoms with Gasteiger partial charge in [-0.1, -0.05) is 43.2 Å². The summed E-state index contributed by atoms with van der Waals surface area (Å²) in [7, 11) is 0. The van der Waals surface area contributed by atoms with Gasteiger partial charge in [0.05, 0.1) is 0 Å². The molecule has 22 heavy (non-hydrogen) atoms. The average molecular weight is 298 g/mol. The van der Waals surface area contributed by atoms with Crippen LogP contribution in [0.1, 0.15) is 44.1 Å². The molecule has 4 rings (SSSR count). The van der Waals surface area contributed by atoms with Gasteiger partial charge in [-0.05, 0) is 49.0 Å². The molecule has 1 saturated heterocycles. The largest absolute Gasteiger partial charge is 0.309 e. The van der Waals surface area contributed by atoms with Crippen LogP contribution >= 0.6 is 0 Å². The Kier molecular flexibility index (Phi) is 4.49. The van der Waals surface area contributed by atoms with Crippen molar-refractivity contribution in [2.45, 2.75) is 51.1 Å². The van der Waals surface area contributed by atoms with E-state index in [1.807, 2.05) is 0 Å². The van der Waals surface area contributed by atoms with Crippen LogP contribution in [0.3, 0.4) is 0 Å². The molecule has 120 valence electrons. The topological polar surface area (TPSA) is 15.3 Å². The van der Waals surface area contributed by atoms with E-state index in [2.05, 4.69) is 40.5 Å². The normalized spacial score (nSPS) is 29.6. The Morgan fingerprint density at radius 2 is 1.68 bits per heavy atom. The van der Waals surface area contributed by atoms with Crippen molar-refractivity contribution in [3.8, 4) is 0 Å². The molecule has 2 unspecified atom stereocenters. The standard InChI is InChI=1S/C20H30N2/c1-2-4-17(5-3-1)12-21-20-11-19(10-16-6-7-16)14-22(15-20)13-18-8-9-18/h1-5,16,18-21H,6-15H2. The van der Waals surface area contributed by atoms with E-state index >= 15 is 0 Å². The van der Waals surface area contributed by atoms with Gasteiger partial charge in [-0.25, -0.2) is 0 Å². The monoisotopic (exact) mass is 298 g/mol. The quantitative estimate of drug-likeness (QED) is 0.826. The maximum atomic E-state index is 3.84. The smallest absolute Gasteiger partial charge is 0.0208 e. The van der Waals surface area contributed by atoms with Crippen molar-refractivity contribution in [3.05, 3.63) is 35.9 Å². The molecule has 2 aliphatic carbocycles. The van der Waals surface area contributed by atoms with E-state index in [9.17, 15) is 0 Å². The fourth-order valence-corrected chi connectivity index (χ4v) is 4.12. The van der Waals surface area contributed by atoms with Crippen molar-refractivity contribution in [2.24, 2.45) is 17.8 Å². The van der Waals surface area contributed by atoms with Crippen molar-refractivity contribution in [2.75, 3.05) is 19.6 Å². The molecule has 2 nitrogen and oxygen atoms in total. The lowest BCUT2D eigenvalue weighted by molar-refractivity contribution is 0.127. The van der Waals surface area contributed by atoms with Crippen LogP contribution in [0.5, 0.6) is 0 Å². The summed E-state index contributed by atoms with van der Waals surface area (Å²) in [5.74, 6) is 3.03. The first-order chi connectivity index (χ1) is 10.8. The first kappa shape index (κ1) is 14.7. The molecule has 0 aromatic heterocycles. The summed E-state index contributed by atoms with van der Waals surface area (Å²) in [6, 6.07) is 11.6. The highest BCUT2D eigenvalue weighted by Gasteiger charge is 2.34. The maximum absolute atomic E-state index is 3.84. The van der Waals surface area contributed by atoms with Crippen LogP contribution in [-0.2, 0) is 6.54 Å². The Bertz CT molecular complexity index is 442. The van der Waals surface area contributed by atoms with Gasteiger partial charge in [0, 0.05) is 32.2 Å². The van der Waals surface area contributed by atoms with Gasteiger partial charge in [0.1, 0.15) is 0 Å². The van der Waals surface area contributed by atoms with Gasteiger partial charge in [0.15, 0.2) is 0 Å². The van der Waals surface area contributed by atoms with E-state index in [1.54, 1.807) is 0 Å². The minimum atomic E-state index is 0.691. The predicted octanol–water partition coefficient (Wildman–Crippen LogP) is 3.68. The van der Waals surface area contributed by atoms with Crippen LogP contribution < -0.4 is 5.32 Å². The molecule has 0 radical (unpaired) electrons.